The normalized spacial score (nSPS) is 18.6. The zero-order valence-electron chi connectivity index (χ0n) is 14.0. The van der Waals surface area contributed by atoms with Gasteiger partial charge in [0.1, 0.15) is 5.75 Å². The molecular formula is C19H24F2N2O. The Morgan fingerprint density at radius 3 is 2.88 bits per heavy atom. The van der Waals surface area contributed by atoms with Crippen molar-refractivity contribution in [2.24, 2.45) is 0 Å². The Hall–Kier alpha value is -1.72. The molecule has 0 bridgehead atoms. The van der Waals surface area contributed by atoms with E-state index in [4.69, 9.17) is 4.74 Å². The molecule has 1 heterocycles. The molecule has 1 N–H and O–H groups in total. The Balaban J connectivity index is 1.76. The van der Waals surface area contributed by atoms with Gasteiger partial charge in [-0.05, 0) is 42.8 Å². The van der Waals surface area contributed by atoms with Gasteiger partial charge in [0.2, 0.25) is 0 Å². The first-order valence-electron chi connectivity index (χ1n) is 8.59. The van der Waals surface area contributed by atoms with Crippen LogP contribution in [0.25, 0.3) is 10.8 Å². The number of likely N-dealkylation sites (tertiary alicyclic amines) is 1. The lowest BCUT2D eigenvalue weighted by molar-refractivity contribution is -0.0503. The van der Waals surface area contributed by atoms with Gasteiger partial charge in [0.05, 0.1) is 0 Å². The second-order valence-electron chi connectivity index (χ2n) is 6.20. The average Bonchev–Trinajstić information content (AvgIpc) is 3.03. The lowest BCUT2D eigenvalue weighted by Gasteiger charge is -2.23. The van der Waals surface area contributed by atoms with Crippen LogP contribution in [0, 0.1) is 0 Å². The van der Waals surface area contributed by atoms with E-state index in [-0.39, 0.29) is 5.75 Å². The predicted octanol–water partition coefficient (Wildman–Crippen LogP) is 4.02. The van der Waals surface area contributed by atoms with Gasteiger partial charge in [-0.1, -0.05) is 37.3 Å². The Morgan fingerprint density at radius 1 is 1.25 bits per heavy atom. The van der Waals surface area contributed by atoms with Crippen LogP contribution in [-0.2, 0) is 6.54 Å². The summed E-state index contributed by atoms with van der Waals surface area (Å²) in [5.41, 5.74) is 0.800. The molecule has 5 heteroatoms. The molecule has 0 amide bonds. The van der Waals surface area contributed by atoms with Crippen LogP contribution in [0.15, 0.2) is 36.4 Å². The maximum atomic E-state index is 12.7. The molecule has 24 heavy (non-hydrogen) atoms. The van der Waals surface area contributed by atoms with E-state index in [1.165, 1.54) is 12.8 Å². The molecule has 0 radical (unpaired) electrons. The van der Waals surface area contributed by atoms with Crippen LogP contribution in [0.2, 0.25) is 0 Å². The quantitative estimate of drug-likeness (QED) is 0.828. The SMILES string of the molecule is CCN1CCCC1CNCc1c(OC(F)F)ccc2ccccc12. The van der Waals surface area contributed by atoms with E-state index in [1.54, 1.807) is 6.07 Å². The number of nitrogens with zero attached hydrogens (tertiary/aromatic N) is 1. The maximum absolute atomic E-state index is 12.7. The number of fused-ring (bicyclic) bond motifs is 1. The van der Waals surface area contributed by atoms with Gasteiger partial charge in [-0.3, -0.25) is 4.90 Å². The Bertz CT molecular complexity index is 677. The number of benzene rings is 2. The largest absolute Gasteiger partial charge is 0.434 e. The lowest BCUT2D eigenvalue weighted by atomic mass is 10.0. The van der Waals surface area contributed by atoms with E-state index in [1.807, 2.05) is 30.3 Å². The second kappa shape index (κ2) is 7.90. The molecule has 130 valence electrons. The van der Waals surface area contributed by atoms with Crippen LogP contribution in [0.1, 0.15) is 25.3 Å². The molecule has 3 nitrogen and oxygen atoms in total. The van der Waals surface area contributed by atoms with E-state index in [0.717, 1.165) is 36.0 Å². The van der Waals surface area contributed by atoms with E-state index >= 15 is 0 Å². The van der Waals surface area contributed by atoms with Crippen molar-refractivity contribution >= 4 is 10.8 Å². The van der Waals surface area contributed by atoms with Gasteiger partial charge in [-0.15, -0.1) is 0 Å². The van der Waals surface area contributed by atoms with Crippen LogP contribution in [0.4, 0.5) is 8.78 Å². The Morgan fingerprint density at radius 2 is 2.08 bits per heavy atom. The number of rotatable bonds is 7. The summed E-state index contributed by atoms with van der Waals surface area (Å²) in [7, 11) is 0. The minimum Gasteiger partial charge on any atom is -0.434 e. The fourth-order valence-corrected chi connectivity index (χ4v) is 3.61. The highest BCUT2D eigenvalue weighted by Crippen LogP contribution is 2.29. The smallest absolute Gasteiger partial charge is 0.387 e. The third-order valence-corrected chi connectivity index (χ3v) is 4.80. The van der Waals surface area contributed by atoms with Crippen LogP contribution in [0.3, 0.4) is 0 Å². The van der Waals surface area contributed by atoms with Crippen molar-refractivity contribution in [2.75, 3.05) is 19.6 Å². The van der Waals surface area contributed by atoms with Crippen molar-refractivity contribution in [1.82, 2.24) is 10.2 Å². The summed E-state index contributed by atoms with van der Waals surface area (Å²) in [6.07, 6.45) is 2.42. The lowest BCUT2D eigenvalue weighted by Crippen LogP contribution is -2.37. The molecule has 0 aromatic heterocycles. The molecule has 1 aliphatic heterocycles. The van der Waals surface area contributed by atoms with Gasteiger partial charge in [-0.25, -0.2) is 0 Å². The fraction of sp³-hybridized carbons (Fsp3) is 0.474. The number of ether oxygens (including phenoxy) is 1. The molecule has 2 aromatic rings. The molecule has 0 aliphatic carbocycles. The number of hydrogen-bond acceptors (Lipinski definition) is 3. The summed E-state index contributed by atoms with van der Waals surface area (Å²) in [5.74, 6) is 0.259. The first kappa shape index (κ1) is 17.1. The second-order valence-corrected chi connectivity index (χ2v) is 6.20. The van der Waals surface area contributed by atoms with Gasteiger partial charge in [0.25, 0.3) is 0 Å². The third-order valence-electron chi connectivity index (χ3n) is 4.80. The Kier molecular flexibility index (Phi) is 5.63. The fourth-order valence-electron chi connectivity index (χ4n) is 3.61. The summed E-state index contributed by atoms with van der Waals surface area (Å²) in [6.45, 7) is 2.97. The van der Waals surface area contributed by atoms with E-state index in [9.17, 15) is 8.78 Å². The predicted molar refractivity (Wildman–Crippen MR) is 92.6 cm³/mol. The monoisotopic (exact) mass is 334 g/mol. The highest BCUT2D eigenvalue weighted by Gasteiger charge is 2.22. The molecule has 1 atom stereocenters. The van der Waals surface area contributed by atoms with E-state index in [2.05, 4.69) is 17.1 Å². The van der Waals surface area contributed by atoms with Crippen molar-refractivity contribution in [3.63, 3.8) is 0 Å². The van der Waals surface area contributed by atoms with Crippen LogP contribution in [-0.4, -0.2) is 37.2 Å². The maximum Gasteiger partial charge on any atom is 0.387 e. The zero-order valence-corrected chi connectivity index (χ0v) is 14.0. The minimum absolute atomic E-state index is 0.259. The van der Waals surface area contributed by atoms with E-state index < -0.39 is 6.61 Å². The summed E-state index contributed by atoms with van der Waals surface area (Å²) >= 11 is 0. The topological polar surface area (TPSA) is 24.5 Å². The number of alkyl halides is 2. The molecule has 0 spiro atoms. The number of hydrogen-bond donors (Lipinski definition) is 1. The van der Waals surface area contributed by atoms with E-state index in [0.29, 0.717) is 12.6 Å². The van der Waals surface area contributed by atoms with Crippen molar-refractivity contribution in [1.29, 1.82) is 0 Å². The molecule has 1 saturated heterocycles. The molecule has 1 unspecified atom stereocenters. The van der Waals surface area contributed by atoms with Crippen LogP contribution in [0.5, 0.6) is 5.75 Å². The van der Waals surface area contributed by atoms with Crippen molar-refractivity contribution in [3.8, 4) is 5.75 Å². The average molecular weight is 334 g/mol. The van der Waals surface area contributed by atoms with Crippen LogP contribution < -0.4 is 10.1 Å². The van der Waals surface area contributed by atoms with Gasteiger partial charge in [0, 0.05) is 24.7 Å². The summed E-state index contributed by atoms with van der Waals surface area (Å²) in [5, 5.41) is 5.44. The van der Waals surface area contributed by atoms with Crippen molar-refractivity contribution in [2.45, 2.75) is 39.0 Å². The summed E-state index contributed by atoms with van der Waals surface area (Å²) in [6, 6.07) is 11.8. The van der Waals surface area contributed by atoms with Crippen LogP contribution >= 0.6 is 0 Å². The number of nitrogens with one attached hydrogen (secondary N) is 1. The minimum atomic E-state index is -2.81. The molecule has 3 rings (SSSR count). The highest BCUT2D eigenvalue weighted by molar-refractivity contribution is 5.87. The first-order valence-corrected chi connectivity index (χ1v) is 8.59. The van der Waals surface area contributed by atoms with Gasteiger partial charge < -0.3 is 10.1 Å². The molecule has 2 aromatic carbocycles. The number of likely N-dealkylation sites (N-methyl/N-ethyl adjacent to an activating group) is 1. The zero-order chi connectivity index (χ0) is 16.9. The molecule has 0 saturated carbocycles. The summed E-state index contributed by atoms with van der Waals surface area (Å²) in [4.78, 5) is 2.46. The molecule has 1 fully saturated rings. The Labute approximate surface area is 141 Å². The van der Waals surface area contributed by atoms with Gasteiger partial charge in [-0.2, -0.15) is 8.78 Å². The molecule has 1 aliphatic rings. The standard InChI is InChI=1S/C19H24F2N2O/c1-2-23-11-5-7-15(23)12-22-13-17-16-8-4-3-6-14(16)9-10-18(17)24-19(20)21/h3-4,6,8-10,15,19,22H,2,5,7,11-13H2,1H3. The number of halogens is 2. The molecular weight excluding hydrogens is 310 g/mol. The van der Waals surface area contributed by atoms with Crippen molar-refractivity contribution < 1.29 is 13.5 Å². The van der Waals surface area contributed by atoms with Gasteiger partial charge >= 0.3 is 6.61 Å². The third kappa shape index (κ3) is 3.84. The first-order chi connectivity index (χ1) is 11.7. The summed E-state index contributed by atoms with van der Waals surface area (Å²) < 4.78 is 30.2. The van der Waals surface area contributed by atoms with Gasteiger partial charge in [0.15, 0.2) is 0 Å². The van der Waals surface area contributed by atoms with Crippen molar-refractivity contribution in [3.05, 3.63) is 42.0 Å². The highest BCUT2D eigenvalue weighted by atomic mass is 19.3.